The average Bonchev–Trinajstić information content (AvgIpc) is 3.42. The Kier molecular flexibility index (Phi) is 50.1. The van der Waals surface area contributed by atoms with Crippen LogP contribution in [0.5, 0.6) is 0 Å². The van der Waals surface area contributed by atoms with Crippen molar-refractivity contribution in [2.45, 2.75) is 340 Å². The van der Waals surface area contributed by atoms with Crippen molar-refractivity contribution in [3.05, 3.63) is 36.5 Å². The minimum absolute atomic E-state index is 0.0289. The maximum Gasteiger partial charge on any atom is 0.335 e. The van der Waals surface area contributed by atoms with Crippen molar-refractivity contribution < 1.29 is 58.2 Å². The lowest BCUT2D eigenvalue weighted by atomic mass is 9.98. The van der Waals surface area contributed by atoms with Crippen LogP contribution in [0.1, 0.15) is 303 Å². The van der Waals surface area contributed by atoms with Crippen LogP contribution in [-0.2, 0) is 42.9 Å². The molecule has 1 heterocycles. The Morgan fingerprint density at radius 3 is 1.25 bits per heavy atom. The van der Waals surface area contributed by atoms with Gasteiger partial charge in [0.05, 0.1) is 6.61 Å². The quantitative estimate of drug-likeness (QED) is 0.0228. The summed E-state index contributed by atoms with van der Waals surface area (Å²) in [7, 11) is 0. The van der Waals surface area contributed by atoms with E-state index >= 15 is 0 Å². The fraction of sp³-hybridized carbons (Fsp3) is 0.846. The van der Waals surface area contributed by atoms with Crippen molar-refractivity contribution in [2.75, 3.05) is 13.2 Å². The van der Waals surface area contributed by atoms with Crippen molar-refractivity contribution >= 4 is 23.9 Å². The third kappa shape index (κ3) is 43.4. The Labute approximate surface area is 470 Å². The van der Waals surface area contributed by atoms with Gasteiger partial charge in [0, 0.05) is 19.3 Å². The number of aliphatic carboxylic acids is 1. The van der Waals surface area contributed by atoms with Crippen LogP contribution < -0.4 is 0 Å². The number of carboxylic acids is 1. The van der Waals surface area contributed by atoms with E-state index in [0.717, 1.165) is 77.0 Å². The smallest absolute Gasteiger partial charge is 0.335 e. The third-order valence-corrected chi connectivity index (χ3v) is 14.7. The van der Waals surface area contributed by atoms with Crippen LogP contribution in [0.2, 0.25) is 0 Å². The lowest BCUT2D eigenvalue weighted by molar-refractivity contribution is -0.301. The molecule has 12 heteroatoms. The molecule has 0 aromatic carbocycles. The predicted octanol–water partition coefficient (Wildman–Crippen LogP) is 16.8. The molecule has 0 saturated carbocycles. The fourth-order valence-electron chi connectivity index (χ4n) is 9.86. The highest BCUT2D eigenvalue weighted by Gasteiger charge is 2.50. The second kappa shape index (κ2) is 53.6. The number of aliphatic hydroxyl groups excluding tert-OH is 2. The van der Waals surface area contributed by atoms with Crippen LogP contribution in [0.15, 0.2) is 36.5 Å². The van der Waals surface area contributed by atoms with Crippen LogP contribution >= 0.6 is 0 Å². The zero-order valence-electron chi connectivity index (χ0n) is 49.5. The van der Waals surface area contributed by atoms with E-state index in [4.69, 9.17) is 23.7 Å². The number of rotatable bonds is 55. The van der Waals surface area contributed by atoms with E-state index < -0.39 is 67.3 Å². The van der Waals surface area contributed by atoms with E-state index in [0.29, 0.717) is 19.3 Å². The molecule has 12 nitrogen and oxygen atoms in total. The molecule has 0 aromatic heterocycles. The van der Waals surface area contributed by atoms with E-state index in [-0.39, 0.29) is 25.9 Å². The molecule has 6 atom stereocenters. The van der Waals surface area contributed by atoms with Crippen molar-refractivity contribution in [1.82, 2.24) is 0 Å². The van der Waals surface area contributed by atoms with Crippen LogP contribution in [0.3, 0.4) is 0 Å². The second-order valence-corrected chi connectivity index (χ2v) is 22.0. The Morgan fingerprint density at radius 1 is 0.442 bits per heavy atom. The first kappa shape index (κ1) is 72.0. The molecule has 0 bridgehead atoms. The number of hydrogen-bond donors (Lipinski definition) is 3. The predicted molar refractivity (Wildman–Crippen MR) is 313 cm³/mol. The highest BCUT2D eigenvalue weighted by molar-refractivity contribution is 5.74. The van der Waals surface area contributed by atoms with Gasteiger partial charge < -0.3 is 39.0 Å². The molecular formula is C65H116O12. The minimum atomic E-state index is -1.91. The summed E-state index contributed by atoms with van der Waals surface area (Å²) in [5.74, 6) is -3.12. The van der Waals surface area contributed by atoms with Gasteiger partial charge in [-0.05, 0) is 51.4 Å². The molecule has 0 radical (unpaired) electrons. The van der Waals surface area contributed by atoms with E-state index in [9.17, 15) is 34.5 Å². The molecule has 3 N–H and O–H groups in total. The zero-order valence-corrected chi connectivity index (χ0v) is 49.5. The summed E-state index contributed by atoms with van der Waals surface area (Å²) in [5.41, 5.74) is 0. The normalized spacial score (nSPS) is 18.2. The van der Waals surface area contributed by atoms with Crippen molar-refractivity contribution in [3.8, 4) is 0 Å². The summed E-state index contributed by atoms with van der Waals surface area (Å²) < 4.78 is 28.5. The number of carbonyl (C=O) groups excluding carboxylic acids is 3. The molecule has 1 fully saturated rings. The molecule has 77 heavy (non-hydrogen) atoms. The molecule has 0 aromatic rings. The van der Waals surface area contributed by atoms with Crippen LogP contribution in [-0.4, -0.2) is 89.2 Å². The first-order valence-electron chi connectivity index (χ1n) is 32.0. The van der Waals surface area contributed by atoms with Gasteiger partial charge in [-0.3, -0.25) is 14.4 Å². The van der Waals surface area contributed by atoms with Crippen molar-refractivity contribution in [1.29, 1.82) is 0 Å². The summed E-state index contributed by atoms with van der Waals surface area (Å²) in [4.78, 5) is 51.2. The average molecular weight is 1090 g/mol. The molecular weight excluding hydrogens is 973 g/mol. The van der Waals surface area contributed by atoms with Gasteiger partial charge in [-0.2, -0.15) is 0 Å². The van der Waals surface area contributed by atoms with Gasteiger partial charge in [-0.1, -0.05) is 269 Å². The van der Waals surface area contributed by atoms with Gasteiger partial charge in [0.25, 0.3) is 0 Å². The third-order valence-electron chi connectivity index (χ3n) is 14.7. The lowest BCUT2D eigenvalue weighted by Gasteiger charge is -2.40. The molecule has 448 valence electrons. The van der Waals surface area contributed by atoms with Crippen LogP contribution in [0.4, 0.5) is 0 Å². The number of hydrogen-bond acceptors (Lipinski definition) is 11. The lowest BCUT2D eigenvalue weighted by Crippen LogP contribution is -2.61. The highest BCUT2D eigenvalue weighted by Crippen LogP contribution is 2.27. The molecule has 1 rings (SSSR count). The van der Waals surface area contributed by atoms with E-state index in [2.05, 4.69) is 57.2 Å². The summed E-state index contributed by atoms with van der Waals surface area (Å²) >= 11 is 0. The largest absolute Gasteiger partial charge is 0.479 e. The molecule has 6 unspecified atom stereocenters. The first-order valence-corrected chi connectivity index (χ1v) is 32.0. The zero-order chi connectivity index (χ0) is 56.1. The number of ether oxygens (including phenoxy) is 5. The fourth-order valence-corrected chi connectivity index (χ4v) is 9.86. The topological polar surface area (TPSA) is 175 Å². The Bertz CT molecular complexity index is 1480. The van der Waals surface area contributed by atoms with Crippen molar-refractivity contribution in [3.63, 3.8) is 0 Å². The monoisotopic (exact) mass is 1090 g/mol. The first-order chi connectivity index (χ1) is 37.6. The Hall–Kier alpha value is -3.06. The van der Waals surface area contributed by atoms with E-state index in [1.54, 1.807) is 0 Å². The summed E-state index contributed by atoms with van der Waals surface area (Å²) in [6.07, 6.45) is 51.2. The molecule has 0 aliphatic carbocycles. The number of aliphatic hydroxyl groups is 2. The highest BCUT2D eigenvalue weighted by atomic mass is 16.7. The number of allylic oxidation sites excluding steroid dienone is 6. The molecule has 0 spiro atoms. The van der Waals surface area contributed by atoms with Gasteiger partial charge in [0.1, 0.15) is 18.8 Å². The van der Waals surface area contributed by atoms with Gasteiger partial charge >= 0.3 is 23.9 Å². The maximum absolute atomic E-state index is 13.2. The summed E-state index contributed by atoms with van der Waals surface area (Å²) in [6, 6.07) is 0. The Balaban J connectivity index is 2.66. The van der Waals surface area contributed by atoms with Crippen LogP contribution in [0, 0.1) is 0 Å². The molecule has 1 saturated heterocycles. The summed E-state index contributed by atoms with van der Waals surface area (Å²) in [6.45, 7) is 5.91. The van der Waals surface area contributed by atoms with Crippen LogP contribution in [0.25, 0.3) is 0 Å². The van der Waals surface area contributed by atoms with Gasteiger partial charge in [-0.15, -0.1) is 0 Å². The standard InChI is InChI=1S/C65H116O12/c1-4-7-10-13-16-19-22-25-27-29-31-34-36-39-42-45-48-51-57(66)73-54-56(75-58(67)52-49-46-43-40-38-35-32-30-28-26-23-20-17-14-11-8-5-2)55-74-65-63(61(70)60(69)62(77-65)64(71)72)76-59(68)53-50-47-44-41-37-33-24-21-18-15-12-9-6-3/h9,12,18,21,33,37,56,60-63,65,69-70H,4-8,10-11,13-17,19-20,22-32,34-36,38-55H2,1-3H3,(H,71,72)/b12-9-,21-18-,37-33-. The van der Waals surface area contributed by atoms with E-state index in [1.807, 2.05) is 0 Å². The van der Waals surface area contributed by atoms with Gasteiger partial charge in [0.15, 0.2) is 24.6 Å². The number of unbranched alkanes of at least 4 members (excludes halogenated alkanes) is 35. The number of carbonyl (C=O) groups is 4. The minimum Gasteiger partial charge on any atom is -0.479 e. The van der Waals surface area contributed by atoms with E-state index in [1.165, 1.54) is 167 Å². The maximum atomic E-state index is 13.2. The number of esters is 3. The summed E-state index contributed by atoms with van der Waals surface area (Å²) in [5, 5.41) is 31.5. The van der Waals surface area contributed by atoms with Crippen molar-refractivity contribution in [2.24, 2.45) is 0 Å². The Morgan fingerprint density at radius 2 is 0.818 bits per heavy atom. The second-order valence-electron chi connectivity index (χ2n) is 22.0. The SMILES string of the molecule is CC/C=C\C/C=C\C/C=C\CCCCCC(=O)OC1C(OCC(COC(=O)CCCCCCCCCCCCCCCCCCC)OC(=O)CCCCCCCCCCCCCCCCCCC)OC(C(=O)O)C(O)C1O. The van der Waals surface area contributed by atoms with Gasteiger partial charge in [-0.25, -0.2) is 4.79 Å². The molecule has 1 aliphatic heterocycles. The van der Waals surface area contributed by atoms with Gasteiger partial charge in [0.2, 0.25) is 0 Å². The number of carboxylic acid groups (broad SMARTS) is 1. The molecule has 1 aliphatic rings. The molecule has 0 amide bonds.